The first-order valence-corrected chi connectivity index (χ1v) is 9.26. The van der Waals surface area contributed by atoms with Crippen LogP contribution in [-0.2, 0) is 9.59 Å². The average molecular weight is 419 g/mol. The van der Waals surface area contributed by atoms with Gasteiger partial charge in [-0.25, -0.2) is 4.39 Å². The number of nitrogens with zero attached hydrogens (tertiary/aromatic N) is 2. The third-order valence-electron chi connectivity index (χ3n) is 4.74. The van der Waals surface area contributed by atoms with Gasteiger partial charge in [-0.15, -0.1) is 0 Å². The summed E-state index contributed by atoms with van der Waals surface area (Å²) in [5.74, 6) is -3.34. The molecule has 2 aromatic carbocycles. The van der Waals surface area contributed by atoms with Gasteiger partial charge in [-0.3, -0.25) is 9.59 Å². The molecule has 1 aliphatic rings. The van der Waals surface area contributed by atoms with Gasteiger partial charge in [0.05, 0.1) is 17.2 Å². The van der Waals surface area contributed by atoms with Crippen LogP contribution in [0.3, 0.4) is 0 Å². The molecule has 0 spiro atoms. The molecule has 1 unspecified atom stereocenters. The van der Waals surface area contributed by atoms with E-state index in [9.17, 15) is 24.2 Å². The second-order valence-corrected chi connectivity index (χ2v) is 7.42. The number of benzene rings is 2. The summed E-state index contributed by atoms with van der Waals surface area (Å²) >= 11 is 5.95. The van der Waals surface area contributed by atoms with E-state index in [1.54, 1.807) is 20.2 Å². The summed E-state index contributed by atoms with van der Waals surface area (Å²) in [5, 5.41) is 21.2. The lowest BCUT2D eigenvalue weighted by molar-refractivity contribution is -0.140. The summed E-state index contributed by atoms with van der Waals surface area (Å²) < 4.78 is 14.6. The Balaban J connectivity index is 2.22. The van der Waals surface area contributed by atoms with Crippen LogP contribution < -0.4 is 0 Å². The molecule has 29 heavy (non-hydrogen) atoms. The molecule has 1 saturated heterocycles. The number of aliphatic hydroxyl groups excluding tert-OH is 1. The molecule has 8 heteroatoms. The number of halogens is 2. The number of likely N-dealkylation sites (N-methyl/N-ethyl adjacent to an activating group) is 1. The third kappa shape index (κ3) is 3.97. The Morgan fingerprint density at radius 2 is 1.90 bits per heavy atom. The molecule has 2 N–H and O–H groups in total. The largest absolute Gasteiger partial charge is 0.507 e. The maximum atomic E-state index is 14.6. The van der Waals surface area contributed by atoms with Crippen LogP contribution in [0.4, 0.5) is 4.39 Å². The van der Waals surface area contributed by atoms with E-state index in [0.29, 0.717) is 6.54 Å². The first-order chi connectivity index (χ1) is 13.7. The van der Waals surface area contributed by atoms with E-state index in [1.165, 1.54) is 41.3 Å². The molecule has 0 aromatic heterocycles. The van der Waals surface area contributed by atoms with Crippen molar-refractivity contribution in [2.24, 2.45) is 0 Å². The minimum Gasteiger partial charge on any atom is -0.507 e. The van der Waals surface area contributed by atoms with Crippen molar-refractivity contribution < 1.29 is 24.2 Å². The molecule has 0 radical (unpaired) electrons. The van der Waals surface area contributed by atoms with Gasteiger partial charge in [-0.1, -0.05) is 29.8 Å². The van der Waals surface area contributed by atoms with Gasteiger partial charge < -0.3 is 20.0 Å². The van der Waals surface area contributed by atoms with Gasteiger partial charge in [-0.05, 0) is 38.4 Å². The summed E-state index contributed by atoms with van der Waals surface area (Å²) in [7, 11) is 3.61. The number of aliphatic hydroxyl groups is 1. The predicted octanol–water partition coefficient (Wildman–Crippen LogP) is 3.17. The molecule has 3 rings (SSSR count). The van der Waals surface area contributed by atoms with Crippen molar-refractivity contribution in [3.63, 3.8) is 0 Å². The van der Waals surface area contributed by atoms with Crippen LogP contribution in [0, 0.1) is 5.82 Å². The quantitative estimate of drug-likeness (QED) is 0.443. The van der Waals surface area contributed by atoms with Crippen LogP contribution in [-0.4, -0.2) is 58.9 Å². The van der Waals surface area contributed by atoms with Gasteiger partial charge in [0, 0.05) is 23.7 Å². The van der Waals surface area contributed by atoms with Gasteiger partial charge in [0.15, 0.2) is 0 Å². The molecular formula is C21H20ClFN2O4. The van der Waals surface area contributed by atoms with E-state index in [2.05, 4.69) is 0 Å². The number of aromatic hydroxyl groups is 1. The number of ketones is 1. The molecule has 6 nitrogen and oxygen atoms in total. The van der Waals surface area contributed by atoms with Gasteiger partial charge in [0.25, 0.3) is 11.7 Å². The molecule has 1 atom stereocenters. The van der Waals surface area contributed by atoms with E-state index >= 15 is 0 Å². The zero-order valence-electron chi connectivity index (χ0n) is 15.9. The molecule has 1 aliphatic heterocycles. The molecule has 0 aliphatic carbocycles. The van der Waals surface area contributed by atoms with Crippen LogP contribution in [0.1, 0.15) is 17.2 Å². The van der Waals surface area contributed by atoms with Crippen molar-refractivity contribution >= 4 is 29.1 Å². The SMILES string of the molecule is CN(C)CCN1C(=O)C(=O)C(=C(O)c2cc(Cl)ccc2O)C1c1ccccc1F. The normalized spacial score (nSPS) is 18.7. The van der Waals surface area contributed by atoms with Crippen molar-refractivity contribution in [2.45, 2.75) is 6.04 Å². The Morgan fingerprint density at radius 1 is 1.21 bits per heavy atom. The molecule has 0 bridgehead atoms. The Hall–Kier alpha value is -2.90. The maximum absolute atomic E-state index is 14.6. The maximum Gasteiger partial charge on any atom is 0.295 e. The highest BCUT2D eigenvalue weighted by Crippen LogP contribution is 2.41. The van der Waals surface area contributed by atoms with Crippen molar-refractivity contribution in [3.05, 3.63) is 70.0 Å². The number of carbonyl (C=O) groups is 2. The first-order valence-electron chi connectivity index (χ1n) is 8.88. The Morgan fingerprint density at radius 3 is 2.55 bits per heavy atom. The first kappa shape index (κ1) is 20.8. The summed E-state index contributed by atoms with van der Waals surface area (Å²) in [6.07, 6.45) is 0. The molecule has 1 fully saturated rings. The topological polar surface area (TPSA) is 81.1 Å². The standard InChI is InChI=1S/C21H20ClFN2O4/c1-24(2)9-10-25-18(13-5-3-4-6-15(13)23)17(20(28)21(25)29)19(27)14-11-12(22)7-8-16(14)26/h3-8,11,18,26-27H,9-10H2,1-2H3. The number of likely N-dealkylation sites (tertiary alicyclic amines) is 1. The van der Waals surface area contributed by atoms with Crippen LogP contribution in [0.25, 0.3) is 5.76 Å². The second-order valence-electron chi connectivity index (χ2n) is 6.98. The van der Waals surface area contributed by atoms with Crippen molar-refractivity contribution in [1.82, 2.24) is 9.80 Å². The Labute approximate surface area is 172 Å². The Kier molecular flexibility index (Phi) is 5.91. The summed E-state index contributed by atoms with van der Waals surface area (Å²) in [5.41, 5.74) is -0.325. The number of phenolic OH excluding ortho intramolecular Hbond substituents is 1. The fourth-order valence-corrected chi connectivity index (χ4v) is 3.45. The van der Waals surface area contributed by atoms with E-state index < -0.39 is 29.3 Å². The summed E-state index contributed by atoms with van der Waals surface area (Å²) in [6.45, 7) is 0.579. The zero-order chi connectivity index (χ0) is 21.3. The molecule has 0 saturated carbocycles. The van der Waals surface area contributed by atoms with Crippen molar-refractivity contribution in [3.8, 4) is 5.75 Å². The monoisotopic (exact) mass is 418 g/mol. The van der Waals surface area contributed by atoms with Crippen molar-refractivity contribution in [1.29, 1.82) is 0 Å². The van der Waals surface area contributed by atoms with Crippen LogP contribution in [0.2, 0.25) is 5.02 Å². The van der Waals surface area contributed by atoms with Crippen LogP contribution in [0.15, 0.2) is 48.0 Å². The molecule has 2 aromatic rings. The highest BCUT2D eigenvalue weighted by molar-refractivity contribution is 6.46. The van der Waals surface area contributed by atoms with E-state index in [4.69, 9.17) is 11.6 Å². The van der Waals surface area contributed by atoms with Gasteiger partial charge >= 0.3 is 0 Å². The highest BCUT2D eigenvalue weighted by Gasteiger charge is 2.47. The van der Waals surface area contributed by atoms with E-state index in [1.807, 2.05) is 4.90 Å². The highest BCUT2D eigenvalue weighted by atomic mass is 35.5. The number of hydrogen-bond acceptors (Lipinski definition) is 5. The second kappa shape index (κ2) is 8.23. The van der Waals surface area contributed by atoms with Gasteiger partial charge in [0.2, 0.25) is 0 Å². The van der Waals surface area contributed by atoms with Gasteiger partial charge in [-0.2, -0.15) is 0 Å². The molecule has 1 amide bonds. The van der Waals surface area contributed by atoms with E-state index in [-0.39, 0.29) is 34.0 Å². The minimum absolute atomic E-state index is 0.0773. The number of amides is 1. The number of phenols is 1. The van der Waals surface area contributed by atoms with Gasteiger partial charge in [0.1, 0.15) is 17.3 Å². The lowest BCUT2D eigenvalue weighted by Crippen LogP contribution is -2.35. The third-order valence-corrected chi connectivity index (χ3v) is 4.98. The molecule has 152 valence electrons. The fraction of sp³-hybridized carbons (Fsp3) is 0.238. The molecule has 1 heterocycles. The number of rotatable bonds is 5. The molecular weight excluding hydrogens is 399 g/mol. The van der Waals surface area contributed by atoms with Crippen LogP contribution in [0.5, 0.6) is 5.75 Å². The number of Topliss-reactive ketones (excluding diaryl/α,β-unsaturated/α-hetero) is 1. The summed E-state index contributed by atoms with van der Waals surface area (Å²) in [6, 6.07) is 8.58. The summed E-state index contributed by atoms with van der Waals surface area (Å²) in [4.78, 5) is 28.6. The van der Waals surface area contributed by atoms with Crippen molar-refractivity contribution in [2.75, 3.05) is 27.2 Å². The predicted molar refractivity (Wildman–Crippen MR) is 107 cm³/mol. The minimum atomic E-state index is -1.13. The zero-order valence-corrected chi connectivity index (χ0v) is 16.7. The lowest BCUT2D eigenvalue weighted by Gasteiger charge is -2.26. The number of hydrogen-bond donors (Lipinski definition) is 2. The fourth-order valence-electron chi connectivity index (χ4n) is 3.28. The van der Waals surface area contributed by atoms with E-state index in [0.717, 1.165) is 0 Å². The Bertz CT molecular complexity index is 1010. The average Bonchev–Trinajstić information content (AvgIpc) is 2.92. The number of carbonyl (C=O) groups excluding carboxylic acids is 2. The van der Waals surface area contributed by atoms with Crippen LogP contribution >= 0.6 is 11.6 Å². The smallest absolute Gasteiger partial charge is 0.295 e. The lowest BCUT2D eigenvalue weighted by atomic mass is 9.94.